The molecule has 0 N–H and O–H groups in total. The largest absolute Gasteiger partial charge is 0.741 e. The molecule has 0 amide bonds. The van der Waals surface area contributed by atoms with Gasteiger partial charge in [-0.1, -0.05) is 18.2 Å². The summed E-state index contributed by atoms with van der Waals surface area (Å²) >= 11 is 0. The van der Waals surface area contributed by atoms with E-state index >= 15 is 0 Å². The van der Waals surface area contributed by atoms with E-state index in [9.17, 15) is 13.2 Å². The van der Waals surface area contributed by atoms with Crippen LogP contribution < -0.4 is 0 Å². The third-order valence-electron chi connectivity index (χ3n) is 2.41. The van der Waals surface area contributed by atoms with Crippen molar-refractivity contribution in [2.24, 2.45) is 0 Å². The van der Waals surface area contributed by atoms with Crippen LogP contribution in [-0.4, -0.2) is 31.0 Å². The van der Waals surface area contributed by atoms with Crippen LogP contribution in [0.15, 0.2) is 35.2 Å². The fourth-order valence-electron chi connectivity index (χ4n) is 1.90. The highest BCUT2D eigenvalue weighted by Gasteiger charge is 2.41. The zero-order valence-electron chi connectivity index (χ0n) is 13.1. The Bertz CT molecular complexity index is 552. The van der Waals surface area contributed by atoms with Crippen molar-refractivity contribution in [1.82, 2.24) is 0 Å². The van der Waals surface area contributed by atoms with Crippen LogP contribution in [0.3, 0.4) is 0 Å². The minimum Gasteiger partial charge on any atom is -0.741 e. The molecule has 128 valence electrons. The standard InChI is InChI=1S/C12H21SSi.CHF3O3S/c1-11(2)13(14(3,4)5)12-9-7-6-8-10-12;2-1(3,4)8(5,6)7/h6-11H,1-5H3;(H,5,6,7)/q+1;/p-1. The molecule has 3 nitrogen and oxygen atoms in total. The summed E-state index contributed by atoms with van der Waals surface area (Å²) in [5.74, 6) is 0. The first-order chi connectivity index (χ1) is 9.68. The first-order valence-electron chi connectivity index (χ1n) is 6.48. The molecule has 0 aliphatic rings. The first-order valence-corrected chi connectivity index (χ1v) is 13.4. The van der Waals surface area contributed by atoms with E-state index in [1.54, 1.807) is 4.90 Å². The fraction of sp³-hybridized carbons (Fsp3) is 0.538. The van der Waals surface area contributed by atoms with Gasteiger partial charge < -0.3 is 4.55 Å². The Kier molecular flexibility index (Phi) is 7.66. The van der Waals surface area contributed by atoms with E-state index in [1.807, 2.05) is 0 Å². The van der Waals surface area contributed by atoms with Crippen LogP contribution in [0.1, 0.15) is 13.8 Å². The Labute approximate surface area is 133 Å². The second-order valence-corrected chi connectivity index (χ2v) is 18.4. The lowest BCUT2D eigenvalue weighted by atomic mass is 10.4. The molecule has 0 spiro atoms. The quantitative estimate of drug-likeness (QED) is 0.348. The molecular weight excluding hydrogens is 353 g/mol. The topological polar surface area (TPSA) is 57.2 Å². The predicted molar refractivity (Wildman–Crippen MR) is 86.3 cm³/mol. The van der Waals surface area contributed by atoms with Gasteiger partial charge in [-0.25, -0.2) is 8.42 Å². The Morgan fingerprint density at radius 2 is 1.45 bits per heavy atom. The van der Waals surface area contributed by atoms with Gasteiger partial charge in [0.1, 0.15) is 10.1 Å². The molecule has 0 aliphatic heterocycles. The molecular formula is C13H21F3O3S2Si. The Balaban J connectivity index is 0.000000472. The second kappa shape index (κ2) is 7.85. The lowest BCUT2D eigenvalue weighted by molar-refractivity contribution is -0.0517. The van der Waals surface area contributed by atoms with Crippen molar-refractivity contribution in [3.63, 3.8) is 0 Å². The number of alkyl halides is 3. The summed E-state index contributed by atoms with van der Waals surface area (Å²) in [5.41, 5.74) is -5.65. The Morgan fingerprint density at radius 1 is 1.09 bits per heavy atom. The van der Waals surface area contributed by atoms with Crippen LogP contribution in [-0.2, 0) is 20.5 Å². The summed E-state index contributed by atoms with van der Waals surface area (Å²) in [7, 11) is -6.67. The SMILES string of the molecule is CC(C)[S+](c1ccccc1)[Si](C)(C)C.O=S(=O)([O-])C(F)(F)F. The molecule has 0 radical (unpaired) electrons. The van der Waals surface area contributed by atoms with Gasteiger partial charge in [0, 0.05) is 0 Å². The highest BCUT2D eigenvalue weighted by Crippen LogP contribution is 2.28. The summed E-state index contributed by atoms with van der Waals surface area (Å²) in [4.78, 5) is 1.56. The minimum absolute atomic E-state index is 0.482. The van der Waals surface area contributed by atoms with Crippen LogP contribution >= 0.6 is 0 Å². The number of benzene rings is 1. The summed E-state index contributed by atoms with van der Waals surface area (Å²) in [6.45, 7) is 12.1. The van der Waals surface area contributed by atoms with Crippen molar-refractivity contribution in [1.29, 1.82) is 0 Å². The highest BCUT2D eigenvalue weighted by molar-refractivity contribution is 8.26. The molecule has 0 heterocycles. The van der Waals surface area contributed by atoms with Crippen molar-refractivity contribution in [3.8, 4) is 0 Å². The lowest BCUT2D eigenvalue weighted by Crippen LogP contribution is -2.39. The van der Waals surface area contributed by atoms with Gasteiger partial charge in [0.25, 0.3) is 7.22 Å². The monoisotopic (exact) mass is 374 g/mol. The van der Waals surface area contributed by atoms with Gasteiger partial charge in [-0.2, -0.15) is 13.2 Å². The zero-order chi connectivity index (χ0) is 17.8. The summed E-state index contributed by atoms with van der Waals surface area (Å²) in [6, 6.07) is 11.0. The van der Waals surface area contributed by atoms with Gasteiger partial charge in [-0.15, -0.1) is 0 Å². The maximum absolute atomic E-state index is 10.7. The Hall–Kier alpha value is -0.513. The summed E-state index contributed by atoms with van der Waals surface area (Å²) in [6.07, 6.45) is 0. The normalized spacial score (nSPS) is 14.3. The smallest absolute Gasteiger partial charge is 0.485 e. The minimum atomic E-state index is -6.09. The average molecular weight is 375 g/mol. The van der Waals surface area contributed by atoms with E-state index < -0.39 is 22.8 Å². The van der Waals surface area contributed by atoms with Gasteiger partial charge >= 0.3 is 5.51 Å². The number of hydrogen-bond donors (Lipinski definition) is 0. The summed E-state index contributed by atoms with van der Waals surface area (Å²) < 4.78 is 58.9. The van der Waals surface area contributed by atoms with Crippen LogP contribution in [0.25, 0.3) is 0 Å². The van der Waals surface area contributed by atoms with Crippen LogP contribution in [0.4, 0.5) is 13.2 Å². The van der Waals surface area contributed by atoms with Crippen LogP contribution in [0.5, 0.6) is 0 Å². The van der Waals surface area contributed by atoms with Crippen molar-refractivity contribution < 1.29 is 26.1 Å². The zero-order valence-corrected chi connectivity index (χ0v) is 15.8. The van der Waals surface area contributed by atoms with E-state index in [0.717, 1.165) is 5.25 Å². The molecule has 0 aliphatic carbocycles. The van der Waals surface area contributed by atoms with Gasteiger partial charge in [0.2, 0.25) is 0 Å². The fourth-order valence-corrected chi connectivity index (χ4v) is 11.8. The molecule has 22 heavy (non-hydrogen) atoms. The van der Waals surface area contributed by atoms with Gasteiger partial charge in [0.15, 0.2) is 10.1 Å². The molecule has 1 atom stereocenters. The molecule has 0 saturated carbocycles. The average Bonchev–Trinajstić information content (AvgIpc) is 2.25. The number of halogens is 3. The molecule has 1 aromatic rings. The molecule has 1 rings (SSSR count). The van der Waals surface area contributed by atoms with E-state index in [0.29, 0.717) is 10.3 Å². The van der Waals surface area contributed by atoms with Crippen molar-refractivity contribution in [3.05, 3.63) is 30.3 Å². The van der Waals surface area contributed by atoms with Crippen LogP contribution in [0.2, 0.25) is 19.6 Å². The molecule has 1 aromatic carbocycles. The third kappa shape index (κ3) is 7.17. The highest BCUT2D eigenvalue weighted by atomic mass is 32.4. The molecule has 1 unspecified atom stereocenters. The number of rotatable bonds is 3. The predicted octanol–water partition coefficient (Wildman–Crippen LogP) is 3.96. The van der Waals surface area contributed by atoms with E-state index in [4.69, 9.17) is 13.0 Å². The van der Waals surface area contributed by atoms with Crippen LogP contribution in [0, 0.1) is 0 Å². The molecule has 0 saturated heterocycles. The molecule has 9 heteroatoms. The molecule has 0 fully saturated rings. The Morgan fingerprint density at radius 3 is 1.68 bits per heavy atom. The maximum Gasteiger partial charge on any atom is 0.485 e. The van der Waals surface area contributed by atoms with Crippen molar-refractivity contribution in [2.75, 3.05) is 0 Å². The molecule has 0 aromatic heterocycles. The first kappa shape index (κ1) is 21.5. The second-order valence-electron chi connectivity index (χ2n) is 5.71. The van der Waals surface area contributed by atoms with Crippen molar-refractivity contribution in [2.45, 2.75) is 49.1 Å². The van der Waals surface area contributed by atoms with E-state index in [-0.39, 0.29) is 0 Å². The van der Waals surface area contributed by atoms with Gasteiger partial charge in [-0.05, 0) is 56.0 Å². The summed E-state index contributed by atoms with van der Waals surface area (Å²) in [5, 5.41) is 0.782. The number of hydrogen-bond acceptors (Lipinski definition) is 3. The van der Waals surface area contributed by atoms with Gasteiger partial charge in [0.05, 0.1) is 0 Å². The van der Waals surface area contributed by atoms with E-state index in [2.05, 4.69) is 63.8 Å². The van der Waals surface area contributed by atoms with Crippen molar-refractivity contribution >= 4 is 27.7 Å². The lowest BCUT2D eigenvalue weighted by Gasteiger charge is -2.22. The van der Waals surface area contributed by atoms with Gasteiger partial charge in [-0.3, -0.25) is 0 Å². The van der Waals surface area contributed by atoms with E-state index in [1.165, 1.54) is 0 Å². The third-order valence-corrected chi connectivity index (χ3v) is 12.1. The maximum atomic E-state index is 10.7. The molecule has 0 bridgehead atoms.